The van der Waals surface area contributed by atoms with Gasteiger partial charge in [0, 0.05) is 19.4 Å². The number of ether oxygens (including phenoxy) is 1. The molecule has 0 saturated carbocycles. The third kappa shape index (κ3) is 6.69. The van der Waals surface area contributed by atoms with E-state index in [2.05, 4.69) is 15.6 Å². The summed E-state index contributed by atoms with van der Waals surface area (Å²) in [5.74, 6) is -1.49. The lowest BCUT2D eigenvalue weighted by molar-refractivity contribution is -0.147. The Labute approximate surface area is 193 Å². The molecule has 0 bridgehead atoms. The van der Waals surface area contributed by atoms with Gasteiger partial charge in [0.1, 0.15) is 0 Å². The molecule has 0 saturated heterocycles. The summed E-state index contributed by atoms with van der Waals surface area (Å²) in [7, 11) is 0. The van der Waals surface area contributed by atoms with Crippen molar-refractivity contribution in [2.24, 2.45) is 0 Å². The van der Waals surface area contributed by atoms with E-state index in [1.54, 1.807) is 17.5 Å². The second kappa shape index (κ2) is 11.0. The molecule has 2 aromatic heterocycles. The number of thiophene rings is 1. The van der Waals surface area contributed by atoms with Crippen LogP contribution in [0.15, 0.2) is 29.6 Å². The topological polar surface area (TPSA) is 114 Å². The molecule has 2 heterocycles. The Balaban J connectivity index is 1.33. The van der Waals surface area contributed by atoms with Crippen LogP contribution in [-0.2, 0) is 19.1 Å². The zero-order valence-corrected chi connectivity index (χ0v) is 19.4. The van der Waals surface area contributed by atoms with Crippen LogP contribution < -0.4 is 10.6 Å². The molecule has 3 rings (SSSR count). The van der Waals surface area contributed by atoms with E-state index in [1.165, 1.54) is 22.7 Å². The first-order valence-corrected chi connectivity index (χ1v) is 11.7. The number of thiazole rings is 1. The molecule has 0 atom stereocenters. The smallest absolute Gasteiger partial charge is 0.308 e. The molecule has 0 fully saturated rings. The van der Waals surface area contributed by atoms with Crippen molar-refractivity contribution in [1.82, 2.24) is 10.3 Å². The first kappa shape index (κ1) is 23.6. The Bertz CT molecular complexity index is 1140. The van der Waals surface area contributed by atoms with E-state index in [0.717, 1.165) is 21.3 Å². The molecule has 0 radical (unpaired) electrons. The maximum atomic E-state index is 12.1. The number of nitrogens with zero attached hydrogens (tertiary/aromatic N) is 1. The van der Waals surface area contributed by atoms with Crippen LogP contribution in [0.5, 0.6) is 0 Å². The van der Waals surface area contributed by atoms with Gasteiger partial charge in [-0.15, -0.1) is 11.3 Å². The fraction of sp³-hybridized carbons (Fsp3) is 0.318. The van der Waals surface area contributed by atoms with Crippen LogP contribution in [0.25, 0.3) is 10.2 Å². The molecular weight excluding hydrogens is 450 g/mol. The van der Waals surface area contributed by atoms with Crippen molar-refractivity contribution in [1.29, 1.82) is 0 Å². The van der Waals surface area contributed by atoms with Gasteiger partial charge in [-0.2, -0.15) is 0 Å². The molecular formula is C22H23N3O5S2. The highest BCUT2D eigenvalue weighted by Crippen LogP contribution is 2.29. The summed E-state index contributed by atoms with van der Waals surface area (Å²) < 4.78 is 5.92. The lowest BCUT2D eigenvalue weighted by Crippen LogP contribution is -2.28. The van der Waals surface area contributed by atoms with Crippen molar-refractivity contribution >= 4 is 61.6 Å². The minimum atomic E-state index is -0.606. The molecule has 0 aliphatic heterocycles. The van der Waals surface area contributed by atoms with E-state index in [9.17, 15) is 19.2 Å². The summed E-state index contributed by atoms with van der Waals surface area (Å²) in [6.45, 7) is 3.60. The SMILES string of the molecule is Cc1cc(C)c2nc(NC(=O)COC(=O)CCNC(=O)CCC(=O)c3cccs3)sc2c1. The number of amides is 2. The highest BCUT2D eigenvalue weighted by Gasteiger charge is 2.13. The molecule has 2 N–H and O–H groups in total. The predicted molar refractivity (Wildman–Crippen MR) is 124 cm³/mol. The Hall–Kier alpha value is -3.11. The van der Waals surface area contributed by atoms with Crippen LogP contribution in [0.1, 0.15) is 40.1 Å². The molecule has 8 nitrogen and oxygen atoms in total. The monoisotopic (exact) mass is 473 g/mol. The van der Waals surface area contributed by atoms with E-state index >= 15 is 0 Å². The molecule has 2 amide bonds. The van der Waals surface area contributed by atoms with Crippen LogP contribution in [-0.4, -0.2) is 41.7 Å². The van der Waals surface area contributed by atoms with E-state index in [4.69, 9.17) is 4.74 Å². The number of fused-ring (bicyclic) bond motifs is 1. The van der Waals surface area contributed by atoms with Crippen molar-refractivity contribution < 1.29 is 23.9 Å². The normalized spacial score (nSPS) is 10.7. The molecule has 0 aliphatic carbocycles. The summed E-state index contributed by atoms with van der Waals surface area (Å²) in [5, 5.41) is 7.46. The summed E-state index contributed by atoms with van der Waals surface area (Å²) >= 11 is 2.69. The first-order chi connectivity index (χ1) is 15.3. The Kier molecular flexibility index (Phi) is 8.07. The highest BCUT2D eigenvalue weighted by molar-refractivity contribution is 7.22. The lowest BCUT2D eigenvalue weighted by Gasteiger charge is -2.06. The lowest BCUT2D eigenvalue weighted by atomic mass is 10.1. The molecule has 1 aromatic carbocycles. The number of Topliss-reactive ketones (excluding diaryl/α,β-unsaturated/α-hetero) is 1. The number of ketones is 1. The number of hydrogen-bond acceptors (Lipinski definition) is 8. The van der Waals surface area contributed by atoms with Gasteiger partial charge in [0.05, 0.1) is 21.5 Å². The largest absolute Gasteiger partial charge is 0.456 e. The number of esters is 1. The number of aromatic nitrogens is 1. The number of nitrogens with one attached hydrogen (secondary N) is 2. The van der Waals surface area contributed by atoms with Crippen molar-refractivity contribution in [2.75, 3.05) is 18.5 Å². The molecule has 3 aromatic rings. The molecule has 0 aliphatic rings. The van der Waals surface area contributed by atoms with Gasteiger partial charge < -0.3 is 10.1 Å². The molecule has 168 valence electrons. The molecule has 0 unspecified atom stereocenters. The average Bonchev–Trinajstić information content (AvgIpc) is 3.40. The van der Waals surface area contributed by atoms with Crippen LogP contribution in [0.2, 0.25) is 0 Å². The second-order valence-electron chi connectivity index (χ2n) is 7.16. The number of benzene rings is 1. The van der Waals surface area contributed by atoms with Gasteiger partial charge in [-0.05, 0) is 42.5 Å². The van der Waals surface area contributed by atoms with E-state index in [-0.39, 0.29) is 37.5 Å². The highest BCUT2D eigenvalue weighted by atomic mass is 32.1. The van der Waals surface area contributed by atoms with E-state index < -0.39 is 18.5 Å². The van der Waals surface area contributed by atoms with Crippen LogP contribution in [0.4, 0.5) is 5.13 Å². The summed E-state index contributed by atoms with van der Waals surface area (Å²) in [5.41, 5.74) is 2.98. The molecule has 0 spiro atoms. The van der Waals surface area contributed by atoms with Crippen LogP contribution in [0, 0.1) is 13.8 Å². The van der Waals surface area contributed by atoms with Gasteiger partial charge >= 0.3 is 5.97 Å². The summed E-state index contributed by atoms with van der Waals surface area (Å²) in [6, 6.07) is 7.53. The quantitative estimate of drug-likeness (QED) is 0.343. The van der Waals surface area contributed by atoms with Crippen LogP contribution >= 0.6 is 22.7 Å². The zero-order valence-electron chi connectivity index (χ0n) is 17.7. The van der Waals surface area contributed by atoms with Gasteiger partial charge in [-0.3, -0.25) is 24.5 Å². The number of anilines is 1. The minimum absolute atomic E-state index is 0.0509. The average molecular weight is 474 g/mol. The molecule has 32 heavy (non-hydrogen) atoms. The fourth-order valence-electron chi connectivity index (χ4n) is 2.98. The van der Waals surface area contributed by atoms with Crippen molar-refractivity contribution in [3.63, 3.8) is 0 Å². The Morgan fingerprint density at radius 2 is 1.88 bits per heavy atom. The van der Waals surface area contributed by atoms with Gasteiger partial charge in [-0.1, -0.05) is 23.5 Å². The number of hydrogen-bond donors (Lipinski definition) is 2. The van der Waals surface area contributed by atoms with Gasteiger partial charge in [-0.25, -0.2) is 4.98 Å². The Morgan fingerprint density at radius 1 is 1.06 bits per heavy atom. The number of aryl methyl sites for hydroxylation is 2. The summed E-state index contributed by atoms with van der Waals surface area (Å²) in [4.78, 5) is 52.6. The zero-order chi connectivity index (χ0) is 23.1. The maximum Gasteiger partial charge on any atom is 0.308 e. The third-order valence-electron chi connectivity index (χ3n) is 4.47. The van der Waals surface area contributed by atoms with E-state index in [0.29, 0.717) is 10.0 Å². The van der Waals surface area contributed by atoms with Crippen molar-refractivity contribution in [2.45, 2.75) is 33.1 Å². The standard InChI is InChI=1S/C22H23N3O5S2/c1-13-10-14(2)21-17(11-13)32-22(25-21)24-19(28)12-30-20(29)7-8-23-18(27)6-5-15(26)16-4-3-9-31-16/h3-4,9-11H,5-8,12H2,1-2H3,(H,23,27)(H,24,25,28). The number of rotatable bonds is 10. The van der Waals surface area contributed by atoms with Crippen LogP contribution in [0.3, 0.4) is 0 Å². The number of carbonyl (C=O) groups is 4. The number of carbonyl (C=O) groups excluding carboxylic acids is 4. The predicted octanol–water partition coefficient (Wildman–Crippen LogP) is 3.63. The van der Waals surface area contributed by atoms with Gasteiger partial charge in [0.2, 0.25) is 5.91 Å². The van der Waals surface area contributed by atoms with Gasteiger partial charge in [0.15, 0.2) is 17.5 Å². The second-order valence-corrected chi connectivity index (χ2v) is 9.14. The Morgan fingerprint density at radius 3 is 2.62 bits per heavy atom. The third-order valence-corrected chi connectivity index (χ3v) is 6.30. The summed E-state index contributed by atoms with van der Waals surface area (Å²) in [6.07, 6.45) is 0.0919. The molecule has 10 heteroatoms. The van der Waals surface area contributed by atoms with Crippen molar-refractivity contribution in [3.8, 4) is 0 Å². The fourth-order valence-corrected chi connectivity index (χ4v) is 4.73. The van der Waals surface area contributed by atoms with E-state index in [1.807, 2.05) is 26.0 Å². The first-order valence-electron chi connectivity index (χ1n) is 9.98. The van der Waals surface area contributed by atoms with Crippen molar-refractivity contribution in [3.05, 3.63) is 45.6 Å². The maximum absolute atomic E-state index is 12.1. The van der Waals surface area contributed by atoms with Gasteiger partial charge in [0.25, 0.3) is 5.91 Å². The minimum Gasteiger partial charge on any atom is -0.456 e.